The van der Waals surface area contributed by atoms with Crippen LogP contribution in [0.25, 0.3) is 11.1 Å². The van der Waals surface area contributed by atoms with Crippen molar-refractivity contribution in [1.82, 2.24) is 0 Å². The summed E-state index contributed by atoms with van der Waals surface area (Å²) in [4.78, 5) is 11.3. The molecule has 0 amide bonds. The second-order valence-corrected chi connectivity index (χ2v) is 7.37. The molecule has 114 valence electrons. The number of halogens is 1. The Hall–Kier alpha value is -1.80. The van der Waals surface area contributed by atoms with E-state index in [-0.39, 0.29) is 17.8 Å². The molecule has 3 rings (SSSR count). The molecule has 1 aliphatic rings. The van der Waals surface area contributed by atoms with Gasteiger partial charge >= 0.3 is 5.97 Å². The number of rotatable bonds is 2. The molecule has 0 aromatic heterocycles. The molecular formula is C19H19ClO2. The van der Waals surface area contributed by atoms with Gasteiger partial charge in [-0.25, -0.2) is 0 Å². The van der Waals surface area contributed by atoms with Crippen LogP contribution >= 0.6 is 11.6 Å². The molecule has 0 fully saturated rings. The first-order chi connectivity index (χ1) is 10.3. The summed E-state index contributed by atoms with van der Waals surface area (Å²) in [5.74, 6) is -0.909. The van der Waals surface area contributed by atoms with E-state index >= 15 is 0 Å². The smallest absolute Gasteiger partial charge is 0.304 e. The van der Waals surface area contributed by atoms with E-state index < -0.39 is 5.97 Å². The molecule has 0 heterocycles. The molecule has 1 aliphatic carbocycles. The normalized spacial score (nSPS) is 16.3. The van der Waals surface area contributed by atoms with Crippen LogP contribution in [0, 0.1) is 0 Å². The zero-order chi connectivity index (χ0) is 16.1. The molecule has 2 aromatic rings. The number of fused-ring (bicyclic) bond motifs is 3. The van der Waals surface area contributed by atoms with Crippen molar-refractivity contribution in [1.29, 1.82) is 0 Å². The van der Waals surface area contributed by atoms with Crippen molar-refractivity contribution in [3.05, 3.63) is 58.1 Å². The second-order valence-electron chi connectivity index (χ2n) is 6.93. The Morgan fingerprint density at radius 2 is 1.68 bits per heavy atom. The van der Waals surface area contributed by atoms with Crippen molar-refractivity contribution < 1.29 is 9.90 Å². The Kier molecular flexibility index (Phi) is 3.53. The monoisotopic (exact) mass is 314 g/mol. The topological polar surface area (TPSA) is 37.3 Å². The van der Waals surface area contributed by atoms with E-state index in [9.17, 15) is 9.90 Å². The van der Waals surface area contributed by atoms with Crippen LogP contribution in [0.4, 0.5) is 0 Å². The Bertz CT molecular complexity index is 757. The average Bonchev–Trinajstić information content (AvgIpc) is 2.71. The first-order valence-electron chi connectivity index (χ1n) is 7.43. The molecule has 2 nitrogen and oxygen atoms in total. The standard InChI is InChI=1S/C19H19ClO2/c1-19(2,3)11-4-6-13-14-7-5-12(20)9-16(14)17(10-18(21)22)15(13)8-11/h4-9,17H,10H2,1-3H3,(H,21,22). The molecule has 1 unspecified atom stereocenters. The highest BCUT2D eigenvalue weighted by atomic mass is 35.5. The quantitative estimate of drug-likeness (QED) is 0.824. The van der Waals surface area contributed by atoms with Crippen LogP contribution in [-0.4, -0.2) is 11.1 Å². The van der Waals surface area contributed by atoms with Crippen molar-refractivity contribution in [3.8, 4) is 11.1 Å². The Labute approximate surface area is 135 Å². The van der Waals surface area contributed by atoms with Gasteiger partial charge in [-0.15, -0.1) is 0 Å². The van der Waals surface area contributed by atoms with Gasteiger partial charge in [0.2, 0.25) is 0 Å². The number of hydrogen-bond acceptors (Lipinski definition) is 1. The highest BCUT2D eigenvalue weighted by molar-refractivity contribution is 6.30. The van der Waals surface area contributed by atoms with Crippen LogP contribution < -0.4 is 0 Å². The predicted octanol–water partition coefficient (Wildman–Crippen LogP) is 5.22. The maximum Gasteiger partial charge on any atom is 0.304 e. The fourth-order valence-electron chi connectivity index (χ4n) is 3.19. The van der Waals surface area contributed by atoms with Gasteiger partial charge in [0.05, 0.1) is 6.42 Å². The number of carboxylic acid groups (broad SMARTS) is 1. The molecule has 0 radical (unpaired) electrons. The minimum absolute atomic E-state index is 0.0369. The average molecular weight is 315 g/mol. The zero-order valence-corrected chi connectivity index (χ0v) is 13.7. The highest BCUT2D eigenvalue weighted by Gasteiger charge is 2.31. The number of carboxylic acids is 1. The Morgan fingerprint density at radius 3 is 2.27 bits per heavy atom. The zero-order valence-electron chi connectivity index (χ0n) is 13.0. The third-order valence-corrected chi connectivity index (χ3v) is 4.59. The van der Waals surface area contributed by atoms with Gasteiger partial charge in [-0.2, -0.15) is 0 Å². The third kappa shape index (κ3) is 2.52. The van der Waals surface area contributed by atoms with Gasteiger partial charge in [0.15, 0.2) is 0 Å². The maximum absolute atomic E-state index is 11.3. The lowest BCUT2D eigenvalue weighted by Crippen LogP contribution is -2.12. The van der Waals surface area contributed by atoms with Crippen molar-refractivity contribution in [2.24, 2.45) is 0 Å². The lowest BCUT2D eigenvalue weighted by Gasteiger charge is -2.21. The van der Waals surface area contributed by atoms with Gasteiger partial charge < -0.3 is 5.11 Å². The lowest BCUT2D eigenvalue weighted by atomic mass is 9.83. The Balaban J connectivity index is 2.20. The third-order valence-electron chi connectivity index (χ3n) is 4.35. The van der Waals surface area contributed by atoms with E-state index in [1.54, 1.807) is 0 Å². The van der Waals surface area contributed by atoms with E-state index in [0.717, 1.165) is 22.3 Å². The minimum Gasteiger partial charge on any atom is -0.481 e. The summed E-state index contributed by atoms with van der Waals surface area (Å²) in [6.45, 7) is 6.50. The summed E-state index contributed by atoms with van der Waals surface area (Å²) in [5.41, 5.74) is 5.62. The molecule has 2 aromatic carbocycles. The molecule has 0 saturated heterocycles. The fraction of sp³-hybridized carbons (Fsp3) is 0.316. The van der Waals surface area contributed by atoms with Crippen LogP contribution in [0.3, 0.4) is 0 Å². The van der Waals surface area contributed by atoms with Crippen molar-refractivity contribution >= 4 is 17.6 Å². The number of carbonyl (C=O) groups is 1. The summed E-state index contributed by atoms with van der Waals surface area (Å²) in [6.07, 6.45) is 0.0912. The summed E-state index contributed by atoms with van der Waals surface area (Å²) in [5, 5.41) is 9.94. The first kappa shape index (κ1) is 15.1. The van der Waals surface area contributed by atoms with Crippen LogP contribution in [0.15, 0.2) is 36.4 Å². The van der Waals surface area contributed by atoms with Gasteiger partial charge in [-0.3, -0.25) is 4.79 Å². The maximum atomic E-state index is 11.3. The molecule has 0 spiro atoms. The Morgan fingerprint density at radius 1 is 1.09 bits per heavy atom. The van der Waals surface area contributed by atoms with E-state index in [1.807, 2.05) is 18.2 Å². The van der Waals surface area contributed by atoms with Crippen LogP contribution in [0.5, 0.6) is 0 Å². The van der Waals surface area contributed by atoms with E-state index in [4.69, 9.17) is 11.6 Å². The van der Waals surface area contributed by atoms with Crippen molar-refractivity contribution in [3.63, 3.8) is 0 Å². The van der Waals surface area contributed by atoms with Crippen LogP contribution in [-0.2, 0) is 10.2 Å². The van der Waals surface area contributed by atoms with Gasteiger partial charge in [-0.05, 0) is 45.4 Å². The number of hydrogen-bond donors (Lipinski definition) is 1. The van der Waals surface area contributed by atoms with Crippen molar-refractivity contribution in [2.75, 3.05) is 0 Å². The molecular weight excluding hydrogens is 296 g/mol. The van der Waals surface area contributed by atoms with Crippen LogP contribution in [0.2, 0.25) is 5.02 Å². The predicted molar refractivity (Wildman–Crippen MR) is 89.7 cm³/mol. The summed E-state index contributed by atoms with van der Waals surface area (Å²) < 4.78 is 0. The van der Waals surface area contributed by atoms with Gasteiger partial charge in [0, 0.05) is 10.9 Å². The lowest BCUT2D eigenvalue weighted by molar-refractivity contribution is -0.137. The molecule has 0 aliphatic heterocycles. The van der Waals surface area contributed by atoms with Gasteiger partial charge in [0.1, 0.15) is 0 Å². The molecule has 0 bridgehead atoms. The minimum atomic E-state index is -0.787. The molecule has 3 heteroatoms. The molecule has 1 N–H and O–H groups in total. The fourth-order valence-corrected chi connectivity index (χ4v) is 3.37. The first-order valence-corrected chi connectivity index (χ1v) is 7.81. The molecule has 1 atom stereocenters. The molecule has 0 saturated carbocycles. The van der Waals surface area contributed by atoms with Gasteiger partial charge in [0.25, 0.3) is 0 Å². The second kappa shape index (κ2) is 5.13. The SMILES string of the molecule is CC(C)(C)c1ccc2c(c1)C(CC(=O)O)c1cc(Cl)ccc1-2. The summed E-state index contributed by atoms with van der Waals surface area (Å²) >= 11 is 6.12. The summed E-state index contributed by atoms with van der Waals surface area (Å²) in [7, 11) is 0. The number of aliphatic carboxylic acids is 1. The van der Waals surface area contributed by atoms with Crippen LogP contribution in [0.1, 0.15) is 49.8 Å². The van der Waals surface area contributed by atoms with E-state index in [1.165, 1.54) is 5.56 Å². The van der Waals surface area contributed by atoms with Gasteiger partial charge in [-0.1, -0.05) is 56.6 Å². The molecule has 22 heavy (non-hydrogen) atoms. The largest absolute Gasteiger partial charge is 0.481 e. The van der Waals surface area contributed by atoms with E-state index in [0.29, 0.717) is 5.02 Å². The highest BCUT2D eigenvalue weighted by Crippen LogP contribution is 2.48. The van der Waals surface area contributed by atoms with Crippen molar-refractivity contribution in [2.45, 2.75) is 38.5 Å². The summed E-state index contributed by atoms with van der Waals surface area (Å²) in [6, 6.07) is 12.2. The van der Waals surface area contributed by atoms with E-state index in [2.05, 4.69) is 39.0 Å². The number of benzene rings is 2.